The van der Waals surface area contributed by atoms with Crippen LogP contribution in [-0.4, -0.2) is 9.13 Å². The van der Waals surface area contributed by atoms with Crippen molar-refractivity contribution in [3.63, 3.8) is 0 Å². The van der Waals surface area contributed by atoms with Crippen molar-refractivity contribution in [2.75, 3.05) is 0 Å². The van der Waals surface area contributed by atoms with Crippen molar-refractivity contribution >= 4 is 11.6 Å². The molecule has 1 aromatic heterocycles. The highest BCUT2D eigenvalue weighted by atomic mass is 35.5. The summed E-state index contributed by atoms with van der Waals surface area (Å²) in [4.78, 5) is 24.6. The molecule has 0 spiro atoms. The maximum absolute atomic E-state index is 13.9. The third-order valence-corrected chi connectivity index (χ3v) is 3.99. The summed E-state index contributed by atoms with van der Waals surface area (Å²) in [5.74, 6) is -0.598. The number of rotatable bonds is 3. The van der Waals surface area contributed by atoms with Crippen molar-refractivity contribution < 1.29 is 4.39 Å². The zero-order valence-electron chi connectivity index (χ0n) is 11.4. The molecule has 1 heterocycles. The molecular formula is C15H11ClFN3O2. The molecule has 0 aliphatic heterocycles. The van der Waals surface area contributed by atoms with E-state index >= 15 is 0 Å². The molecule has 0 bridgehead atoms. The first-order valence-electron chi connectivity index (χ1n) is 6.72. The first kappa shape index (κ1) is 14.5. The van der Waals surface area contributed by atoms with Crippen LogP contribution in [0.5, 0.6) is 0 Å². The van der Waals surface area contributed by atoms with Crippen molar-refractivity contribution in [2.24, 2.45) is 0 Å². The second kappa shape index (κ2) is 5.43. The monoisotopic (exact) mass is 319 g/mol. The smallest absolute Gasteiger partial charge is 0.296 e. The molecule has 5 nitrogen and oxygen atoms in total. The molecule has 0 N–H and O–H groups in total. The van der Waals surface area contributed by atoms with E-state index in [1.54, 1.807) is 6.07 Å². The maximum Gasteiger partial charge on any atom is 0.331 e. The predicted octanol–water partition coefficient (Wildman–Crippen LogP) is 2.06. The third kappa shape index (κ3) is 2.44. The van der Waals surface area contributed by atoms with Crippen LogP contribution in [0.2, 0.25) is 5.02 Å². The number of hydrogen-bond donors (Lipinski definition) is 0. The predicted molar refractivity (Wildman–Crippen MR) is 78.5 cm³/mol. The van der Waals surface area contributed by atoms with Crippen LogP contribution in [0.15, 0.2) is 34.0 Å². The average Bonchev–Trinajstić information content (AvgIpc) is 3.31. The van der Waals surface area contributed by atoms with Crippen LogP contribution < -0.4 is 11.2 Å². The standard InChI is InChI=1S/C15H11ClFN3O2/c16-12-2-1-3-13(17)11(12)8-20-14(21)9(6-18)7-19(15(20)22)10-4-5-10/h1-3,7,10H,4-5,8H2. The Morgan fingerprint density at radius 3 is 2.68 bits per heavy atom. The van der Waals surface area contributed by atoms with Gasteiger partial charge in [-0.3, -0.25) is 13.9 Å². The maximum atomic E-state index is 13.9. The Morgan fingerprint density at radius 2 is 2.09 bits per heavy atom. The van der Waals surface area contributed by atoms with E-state index in [9.17, 15) is 14.0 Å². The molecule has 1 aromatic carbocycles. The van der Waals surface area contributed by atoms with Gasteiger partial charge in [-0.05, 0) is 25.0 Å². The molecule has 0 saturated heterocycles. The number of hydrogen-bond acceptors (Lipinski definition) is 3. The van der Waals surface area contributed by atoms with Crippen LogP contribution in [0.25, 0.3) is 0 Å². The van der Waals surface area contributed by atoms with E-state index < -0.39 is 17.1 Å². The van der Waals surface area contributed by atoms with Gasteiger partial charge < -0.3 is 0 Å². The molecule has 1 aliphatic rings. The largest absolute Gasteiger partial charge is 0.331 e. The minimum Gasteiger partial charge on any atom is -0.296 e. The zero-order valence-corrected chi connectivity index (χ0v) is 12.2. The second-order valence-corrected chi connectivity index (χ2v) is 5.57. The summed E-state index contributed by atoms with van der Waals surface area (Å²) >= 11 is 5.94. The van der Waals surface area contributed by atoms with Gasteiger partial charge in [0, 0.05) is 22.8 Å². The summed E-state index contributed by atoms with van der Waals surface area (Å²) < 4.78 is 16.1. The molecular weight excluding hydrogens is 309 g/mol. The third-order valence-electron chi connectivity index (χ3n) is 3.63. The molecule has 1 fully saturated rings. The Kier molecular flexibility index (Phi) is 3.59. The SMILES string of the molecule is N#Cc1cn(C2CC2)c(=O)n(Cc2c(F)cccc2Cl)c1=O. The topological polar surface area (TPSA) is 67.8 Å². The van der Waals surface area contributed by atoms with Gasteiger partial charge in [0.05, 0.1) is 6.54 Å². The Morgan fingerprint density at radius 1 is 1.36 bits per heavy atom. The second-order valence-electron chi connectivity index (χ2n) is 5.17. The first-order valence-corrected chi connectivity index (χ1v) is 7.09. The fourth-order valence-corrected chi connectivity index (χ4v) is 2.52. The van der Waals surface area contributed by atoms with E-state index in [1.807, 2.05) is 0 Å². The van der Waals surface area contributed by atoms with Crippen molar-refractivity contribution in [3.8, 4) is 6.07 Å². The van der Waals surface area contributed by atoms with Gasteiger partial charge in [0.25, 0.3) is 5.56 Å². The van der Waals surface area contributed by atoms with Crippen LogP contribution in [-0.2, 0) is 6.54 Å². The summed E-state index contributed by atoms with van der Waals surface area (Å²) in [6.07, 6.45) is 2.93. The number of aromatic nitrogens is 2. The van der Waals surface area contributed by atoms with Crippen LogP contribution in [0.3, 0.4) is 0 Å². The van der Waals surface area contributed by atoms with Crippen molar-refractivity contribution in [2.45, 2.75) is 25.4 Å². The molecule has 0 unspecified atom stereocenters. The number of halogens is 2. The fraction of sp³-hybridized carbons (Fsp3) is 0.267. The van der Waals surface area contributed by atoms with Gasteiger partial charge in [0.2, 0.25) is 0 Å². The number of nitriles is 1. The summed E-state index contributed by atoms with van der Waals surface area (Å²) in [5, 5.41) is 9.19. The highest BCUT2D eigenvalue weighted by Gasteiger charge is 2.27. The van der Waals surface area contributed by atoms with Crippen molar-refractivity contribution in [3.05, 3.63) is 67.2 Å². The fourth-order valence-electron chi connectivity index (χ4n) is 2.29. The van der Waals surface area contributed by atoms with E-state index in [2.05, 4.69) is 0 Å². The highest BCUT2D eigenvalue weighted by molar-refractivity contribution is 6.31. The van der Waals surface area contributed by atoms with Gasteiger partial charge in [0.1, 0.15) is 17.4 Å². The van der Waals surface area contributed by atoms with Crippen LogP contribution in [0, 0.1) is 17.1 Å². The van der Waals surface area contributed by atoms with Gasteiger partial charge in [0.15, 0.2) is 0 Å². The lowest BCUT2D eigenvalue weighted by molar-refractivity contribution is 0.560. The van der Waals surface area contributed by atoms with Gasteiger partial charge in [-0.25, -0.2) is 9.18 Å². The quantitative estimate of drug-likeness (QED) is 0.869. The van der Waals surface area contributed by atoms with Crippen molar-refractivity contribution in [1.29, 1.82) is 5.26 Å². The molecule has 0 atom stereocenters. The van der Waals surface area contributed by atoms with E-state index in [0.717, 1.165) is 17.4 Å². The minimum absolute atomic E-state index is 0.00235. The number of nitrogens with zero attached hydrogens (tertiary/aromatic N) is 3. The van der Waals surface area contributed by atoms with Crippen LogP contribution in [0.4, 0.5) is 4.39 Å². The summed E-state index contributed by atoms with van der Waals surface area (Å²) in [5.41, 5.74) is -1.37. The molecule has 0 radical (unpaired) electrons. The number of benzene rings is 1. The molecule has 2 aromatic rings. The van der Waals surface area contributed by atoms with Crippen LogP contribution >= 0.6 is 11.6 Å². The summed E-state index contributed by atoms with van der Waals surface area (Å²) in [6.45, 7) is -0.300. The summed E-state index contributed by atoms with van der Waals surface area (Å²) in [7, 11) is 0. The Labute approximate surface area is 129 Å². The molecule has 1 aliphatic carbocycles. The lowest BCUT2D eigenvalue weighted by Gasteiger charge is -2.11. The summed E-state index contributed by atoms with van der Waals surface area (Å²) in [6, 6.07) is 5.92. The van der Waals surface area contributed by atoms with Crippen LogP contribution in [0.1, 0.15) is 30.0 Å². The average molecular weight is 320 g/mol. The van der Waals surface area contributed by atoms with Crippen molar-refractivity contribution in [1.82, 2.24) is 9.13 Å². The molecule has 112 valence electrons. The Bertz CT molecular complexity index is 886. The van der Waals surface area contributed by atoms with E-state index in [0.29, 0.717) is 0 Å². The van der Waals surface area contributed by atoms with E-state index in [4.69, 9.17) is 16.9 Å². The van der Waals surface area contributed by atoms with Gasteiger partial charge in [-0.2, -0.15) is 5.26 Å². The normalized spacial score (nSPS) is 13.9. The Hall–Kier alpha value is -2.39. The van der Waals surface area contributed by atoms with E-state index in [-0.39, 0.29) is 28.7 Å². The van der Waals surface area contributed by atoms with Gasteiger partial charge in [-0.1, -0.05) is 17.7 Å². The van der Waals surface area contributed by atoms with Gasteiger partial charge >= 0.3 is 5.69 Å². The molecule has 3 rings (SSSR count). The highest BCUT2D eigenvalue weighted by Crippen LogP contribution is 2.33. The van der Waals surface area contributed by atoms with E-state index in [1.165, 1.54) is 29.0 Å². The Balaban J connectivity index is 2.18. The zero-order chi connectivity index (χ0) is 15.9. The molecule has 7 heteroatoms. The molecule has 1 saturated carbocycles. The lowest BCUT2D eigenvalue weighted by atomic mass is 10.2. The lowest BCUT2D eigenvalue weighted by Crippen LogP contribution is -2.41. The first-order chi connectivity index (χ1) is 10.5. The molecule has 0 amide bonds. The minimum atomic E-state index is -0.733. The van der Waals surface area contributed by atoms with Gasteiger partial charge in [-0.15, -0.1) is 0 Å². The molecule has 22 heavy (non-hydrogen) atoms.